The third kappa shape index (κ3) is 6.12. The van der Waals surface area contributed by atoms with Crippen molar-refractivity contribution in [3.8, 4) is 0 Å². The first-order valence-corrected chi connectivity index (χ1v) is 8.10. The summed E-state index contributed by atoms with van der Waals surface area (Å²) in [6.07, 6.45) is 2.17. The Morgan fingerprint density at radius 3 is 2.56 bits per heavy atom. The number of hydrogen-bond acceptors (Lipinski definition) is 5. The molecule has 0 aliphatic rings. The first-order chi connectivity index (χ1) is 12.9. The maximum absolute atomic E-state index is 11.9. The van der Waals surface area contributed by atoms with Crippen LogP contribution in [0.5, 0.6) is 0 Å². The molecule has 140 valence electrons. The van der Waals surface area contributed by atoms with Gasteiger partial charge in [-0.1, -0.05) is 29.8 Å². The molecule has 0 aliphatic heterocycles. The van der Waals surface area contributed by atoms with E-state index in [0.29, 0.717) is 11.3 Å². The van der Waals surface area contributed by atoms with Gasteiger partial charge in [0.1, 0.15) is 5.02 Å². The summed E-state index contributed by atoms with van der Waals surface area (Å²) in [5.74, 6) is -0.357. The monoisotopic (exact) mass is 389 g/mol. The van der Waals surface area contributed by atoms with Gasteiger partial charge >= 0.3 is 6.09 Å². The summed E-state index contributed by atoms with van der Waals surface area (Å²) in [6.45, 7) is 0.280. The number of halogens is 1. The van der Waals surface area contributed by atoms with Gasteiger partial charge in [0.15, 0.2) is 0 Å². The minimum absolute atomic E-state index is 0.0340. The number of methoxy groups -OCH3 is 1. The van der Waals surface area contributed by atoms with Crippen molar-refractivity contribution in [2.24, 2.45) is 0 Å². The molecule has 0 aromatic heterocycles. The molecular formula is C18H16ClN3O5. The second-order valence-electron chi connectivity index (χ2n) is 5.33. The zero-order valence-electron chi connectivity index (χ0n) is 14.3. The van der Waals surface area contributed by atoms with Gasteiger partial charge in [0.25, 0.3) is 5.69 Å². The molecule has 0 radical (unpaired) electrons. The van der Waals surface area contributed by atoms with Crippen LogP contribution in [-0.4, -0.2) is 24.0 Å². The third-order valence-corrected chi connectivity index (χ3v) is 3.77. The number of carbonyl (C=O) groups excluding carboxylic acids is 2. The number of nitrogens with one attached hydrogen (secondary N) is 2. The largest absolute Gasteiger partial charge is 0.453 e. The number of rotatable bonds is 6. The third-order valence-electron chi connectivity index (χ3n) is 3.45. The van der Waals surface area contributed by atoms with Crippen LogP contribution in [0.15, 0.2) is 48.5 Å². The first kappa shape index (κ1) is 19.9. The van der Waals surface area contributed by atoms with Crippen LogP contribution in [0.1, 0.15) is 11.1 Å². The Morgan fingerprint density at radius 1 is 1.22 bits per heavy atom. The lowest BCUT2D eigenvalue weighted by Gasteiger charge is -2.06. The quantitative estimate of drug-likeness (QED) is 0.444. The summed E-state index contributed by atoms with van der Waals surface area (Å²) in [7, 11) is 1.27. The minimum Gasteiger partial charge on any atom is -0.453 e. The molecule has 0 spiro atoms. The van der Waals surface area contributed by atoms with Gasteiger partial charge in [-0.3, -0.25) is 20.2 Å². The van der Waals surface area contributed by atoms with Crippen molar-refractivity contribution in [1.29, 1.82) is 0 Å². The summed E-state index contributed by atoms with van der Waals surface area (Å²) < 4.78 is 4.49. The zero-order valence-corrected chi connectivity index (χ0v) is 15.0. The number of carbonyl (C=O) groups is 2. The maximum atomic E-state index is 11.9. The SMILES string of the molecule is COC(=O)Nc1ccc(CNC(=O)/C=C/c2ccc(Cl)c([N+](=O)[O-])c2)cc1. The van der Waals surface area contributed by atoms with E-state index in [4.69, 9.17) is 11.6 Å². The van der Waals surface area contributed by atoms with Crippen LogP contribution in [0.3, 0.4) is 0 Å². The highest BCUT2D eigenvalue weighted by Gasteiger charge is 2.11. The van der Waals surface area contributed by atoms with Crippen molar-refractivity contribution in [2.45, 2.75) is 6.54 Å². The highest BCUT2D eigenvalue weighted by atomic mass is 35.5. The minimum atomic E-state index is -0.585. The number of benzene rings is 2. The Hall–Kier alpha value is -3.39. The van der Waals surface area contributed by atoms with E-state index in [0.717, 1.165) is 5.56 Å². The van der Waals surface area contributed by atoms with Crippen LogP contribution in [0.25, 0.3) is 6.08 Å². The molecule has 9 heteroatoms. The predicted molar refractivity (Wildman–Crippen MR) is 101 cm³/mol. The molecule has 0 saturated heterocycles. The summed E-state index contributed by atoms with van der Waals surface area (Å²) in [5, 5.41) is 16.1. The molecule has 2 N–H and O–H groups in total. The lowest BCUT2D eigenvalue weighted by molar-refractivity contribution is -0.384. The predicted octanol–water partition coefficient (Wildman–Crippen LogP) is 3.76. The lowest BCUT2D eigenvalue weighted by atomic mass is 10.2. The Balaban J connectivity index is 1.90. The fraction of sp³-hybridized carbons (Fsp3) is 0.111. The van der Waals surface area contributed by atoms with Crippen molar-refractivity contribution in [3.63, 3.8) is 0 Å². The summed E-state index contributed by atoms with van der Waals surface area (Å²) in [5.41, 5.74) is 1.66. The van der Waals surface area contributed by atoms with Gasteiger partial charge in [-0.15, -0.1) is 0 Å². The van der Waals surface area contributed by atoms with Gasteiger partial charge in [-0.05, 0) is 35.4 Å². The molecule has 2 aromatic rings. The van der Waals surface area contributed by atoms with Crippen LogP contribution in [0.4, 0.5) is 16.2 Å². The molecule has 2 rings (SSSR count). The molecule has 0 aliphatic carbocycles. The molecule has 0 fully saturated rings. The topological polar surface area (TPSA) is 111 Å². The normalized spacial score (nSPS) is 10.4. The van der Waals surface area contributed by atoms with Gasteiger partial charge in [0, 0.05) is 24.4 Å². The fourth-order valence-electron chi connectivity index (χ4n) is 2.07. The van der Waals surface area contributed by atoms with E-state index in [1.807, 2.05) is 0 Å². The second-order valence-corrected chi connectivity index (χ2v) is 5.74. The van der Waals surface area contributed by atoms with Crippen molar-refractivity contribution < 1.29 is 19.2 Å². The van der Waals surface area contributed by atoms with Gasteiger partial charge < -0.3 is 10.1 Å². The van der Waals surface area contributed by atoms with E-state index in [1.54, 1.807) is 30.3 Å². The highest BCUT2D eigenvalue weighted by Crippen LogP contribution is 2.25. The lowest BCUT2D eigenvalue weighted by Crippen LogP contribution is -2.20. The molecule has 27 heavy (non-hydrogen) atoms. The number of anilines is 1. The Morgan fingerprint density at radius 2 is 1.93 bits per heavy atom. The number of ether oxygens (including phenoxy) is 1. The molecule has 2 amide bonds. The van der Waals surface area contributed by atoms with Gasteiger partial charge in [0.05, 0.1) is 12.0 Å². The van der Waals surface area contributed by atoms with Crippen LogP contribution >= 0.6 is 11.6 Å². The van der Waals surface area contributed by atoms with Crippen molar-refractivity contribution in [1.82, 2.24) is 5.32 Å². The van der Waals surface area contributed by atoms with Crippen molar-refractivity contribution in [2.75, 3.05) is 12.4 Å². The molecule has 0 unspecified atom stereocenters. The van der Waals surface area contributed by atoms with E-state index in [9.17, 15) is 19.7 Å². The average molecular weight is 390 g/mol. The number of nitro groups is 1. The zero-order chi connectivity index (χ0) is 19.8. The number of nitro benzene ring substituents is 1. The van der Waals surface area contributed by atoms with Crippen LogP contribution < -0.4 is 10.6 Å². The molecule has 0 heterocycles. The summed E-state index contributed by atoms with van der Waals surface area (Å²) in [6, 6.07) is 11.1. The van der Waals surface area contributed by atoms with Gasteiger partial charge in [-0.2, -0.15) is 0 Å². The van der Waals surface area contributed by atoms with Crippen LogP contribution in [0.2, 0.25) is 5.02 Å². The maximum Gasteiger partial charge on any atom is 0.411 e. The summed E-state index contributed by atoms with van der Waals surface area (Å²) >= 11 is 5.74. The summed E-state index contributed by atoms with van der Waals surface area (Å²) in [4.78, 5) is 33.3. The fourth-order valence-corrected chi connectivity index (χ4v) is 2.25. The molecule has 2 aromatic carbocycles. The Labute approximate surface area is 159 Å². The van der Waals surface area contributed by atoms with Crippen molar-refractivity contribution >= 4 is 41.1 Å². The van der Waals surface area contributed by atoms with E-state index >= 15 is 0 Å². The number of hydrogen-bond donors (Lipinski definition) is 2. The average Bonchev–Trinajstić information content (AvgIpc) is 2.66. The Kier molecular flexibility index (Phi) is 6.90. The molecule has 8 nitrogen and oxygen atoms in total. The van der Waals surface area contributed by atoms with E-state index in [2.05, 4.69) is 15.4 Å². The molecule has 0 saturated carbocycles. The number of nitrogens with zero attached hydrogens (tertiary/aromatic N) is 1. The van der Waals surface area contributed by atoms with E-state index in [1.165, 1.54) is 31.4 Å². The van der Waals surface area contributed by atoms with E-state index in [-0.39, 0.29) is 23.2 Å². The van der Waals surface area contributed by atoms with E-state index < -0.39 is 11.0 Å². The Bertz CT molecular complexity index is 881. The van der Waals surface area contributed by atoms with Gasteiger partial charge in [0.2, 0.25) is 5.91 Å². The van der Waals surface area contributed by atoms with Gasteiger partial charge in [-0.25, -0.2) is 4.79 Å². The molecular weight excluding hydrogens is 374 g/mol. The molecule has 0 bridgehead atoms. The standard InChI is InChI=1S/C18H16ClN3O5/c1-27-18(24)21-14-6-2-13(3-7-14)11-20-17(23)9-5-12-4-8-15(19)16(10-12)22(25)26/h2-10H,11H2,1H3,(H,20,23)(H,21,24)/b9-5+. The highest BCUT2D eigenvalue weighted by molar-refractivity contribution is 6.32. The number of amides is 2. The van der Waals surface area contributed by atoms with Crippen LogP contribution in [0, 0.1) is 10.1 Å². The second kappa shape index (κ2) is 9.35. The van der Waals surface area contributed by atoms with Crippen molar-refractivity contribution in [3.05, 3.63) is 74.8 Å². The first-order valence-electron chi connectivity index (χ1n) is 7.73. The smallest absolute Gasteiger partial charge is 0.411 e. The van der Waals surface area contributed by atoms with Crippen LogP contribution in [-0.2, 0) is 16.1 Å². The molecule has 0 atom stereocenters.